The number of aromatic nitrogens is 5. The van der Waals surface area contributed by atoms with Crippen LogP contribution < -0.4 is 5.56 Å². The number of hydrogen-bond donors (Lipinski definition) is 1. The van der Waals surface area contributed by atoms with Crippen LogP contribution in [-0.4, -0.2) is 56.4 Å². The number of fused-ring (bicyclic) bond motifs is 1. The molecule has 3 aromatic rings. The Labute approximate surface area is 169 Å². The maximum absolute atomic E-state index is 13.2. The van der Waals surface area contributed by atoms with Gasteiger partial charge in [-0.3, -0.25) is 9.69 Å². The molecule has 0 aliphatic carbocycles. The molecule has 0 amide bonds. The second-order valence-corrected chi connectivity index (χ2v) is 8.77. The fraction of sp³-hybridized carbons (Fsp3) is 0.524. The molecule has 8 heteroatoms. The minimum atomic E-state index is -0.345. The lowest BCUT2D eigenvalue weighted by molar-refractivity contribution is 0.0206. The van der Waals surface area contributed by atoms with Crippen LogP contribution in [-0.2, 0) is 10.3 Å². The van der Waals surface area contributed by atoms with Crippen molar-refractivity contribution in [2.24, 2.45) is 0 Å². The van der Waals surface area contributed by atoms with E-state index in [0.717, 1.165) is 22.0 Å². The second-order valence-electron chi connectivity index (χ2n) is 8.77. The van der Waals surface area contributed by atoms with Crippen LogP contribution in [0.4, 0.5) is 0 Å². The summed E-state index contributed by atoms with van der Waals surface area (Å²) in [6, 6.07) is 5.83. The van der Waals surface area contributed by atoms with Crippen LogP contribution in [0, 0.1) is 13.8 Å². The highest BCUT2D eigenvalue weighted by molar-refractivity contribution is 5.83. The molecule has 0 radical (unpaired) electrons. The van der Waals surface area contributed by atoms with Gasteiger partial charge in [0, 0.05) is 18.7 Å². The van der Waals surface area contributed by atoms with Crippen LogP contribution in [0.1, 0.15) is 49.3 Å². The lowest BCUT2D eigenvalue weighted by atomic mass is 9.99. The molecule has 1 aliphatic rings. The van der Waals surface area contributed by atoms with E-state index in [1.807, 2.05) is 17.7 Å². The quantitative estimate of drug-likeness (QED) is 0.731. The van der Waals surface area contributed by atoms with Gasteiger partial charge < -0.3 is 9.72 Å². The fourth-order valence-corrected chi connectivity index (χ4v) is 4.08. The number of hydrogen-bond acceptors (Lipinski definition) is 6. The molecule has 2 aromatic heterocycles. The summed E-state index contributed by atoms with van der Waals surface area (Å²) in [4.78, 5) is 18.6. The Morgan fingerprint density at radius 2 is 1.86 bits per heavy atom. The van der Waals surface area contributed by atoms with E-state index < -0.39 is 0 Å². The number of H-pyrrole nitrogens is 1. The van der Waals surface area contributed by atoms with Crippen molar-refractivity contribution in [3.05, 3.63) is 51.1 Å². The first kappa shape index (κ1) is 19.7. The maximum Gasteiger partial charge on any atom is 0.253 e. The molecule has 8 nitrogen and oxygen atoms in total. The summed E-state index contributed by atoms with van der Waals surface area (Å²) < 4.78 is 7.36. The molecular weight excluding hydrogens is 368 g/mol. The minimum Gasteiger partial charge on any atom is -0.379 e. The highest BCUT2D eigenvalue weighted by Gasteiger charge is 2.34. The SMILES string of the molecule is Cc1cc(C)c2[nH]c(=O)c([C@H](c3nnnn3C(C)(C)C)N3CCOCC3)cc2c1. The molecule has 0 spiro atoms. The standard InChI is InChI=1S/C21H28N6O2/c1-13-10-14(2)17-15(11-13)12-16(20(28)22-17)18(26-6-8-29-9-7-26)19-23-24-25-27(19)21(3,4)5/h10-12,18H,6-9H2,1-5H3,(H,22,28)/t18-/m1/s1. The van der Waals surface area contributed by atoms with Gasteiger partial charge in [-0.05, 0) is 68.1 Å². The summed E-state index contributed by atoms with van der Waals surface area (Å²) in [5, 5.41) is 13.6. The van der Waals surface area contributed by atoms with Crippen LogP contribution in [0.3, 0.4) is 0 Å². The van der Waals surface area contributed by atoms with Crippen molar-refractivity contribution >= 4 is 10.9 Å². The molecule has 1 N–H and O–H groups in total. The van der Waals surface area contributed by atoms with Gasteiger partial charge >= 0.3 is 0 Å². The molecule has 1 saturated heterocycles. The van der Waals surface area contributed by atoms with Crippen molar-refractivity contribution in [1.29, 1.82) is 0 Å². The van der Waals surface area contributed by atoms with Crippen LogP contribution in [0.25, 0.3) is 10.9 Å². The van der Waals surface area contributed by atoms with Gasteiger partial charge in [0.25, 0.3) is 5.56 Å². The fourth-order valence-electron chi connectivity index (χ4n) is 4.08. The van der Waals surface area contributed by atoms with E-state index in [9.17, 15) is 4.79 Å². The summed E-state index contributed by atoms with van der Waals surface area (Å²) in [5.74, 6) is 0.675. The minimum absolute atomic E-state index is 0.107. The van der Waals surface area contributed by atoms with Gasteiger partial charge in [-0.1, -0.05) is 11.6 Å². The predicted molar refractivity (Wildman–Crippen MR) is 111 cm³/mol. The van der Waals surface area contributed by atoms with Crippen molar-refractivity contribution in [1.82, 2.24) is 30.1 Å². The van der Waals surface area contributed by atoms with Gasteiger partial charge in [0.15, 0.2) is 5.82 Å². The Kier molecular flexibility index (Phi) is 5.00. The van der Waals surface area contributed by atoms with E-state index >= 15 is 0 Å². The molecule has 1 fully saturated rings. The number of nitrogens with one attached hydrogen (secondary N) is 1. The number of pyridine rings is 1. The van der Waals surface area contributed by atoms with Crippen LogP contribution in [0.15, 0.2) is 23.0 Å². The Morgan fingerprint density at radius 3 is 2.55 bits per heavy atom. The van der Waals surface area contributed by atoms with Gasteiger partial charge in [-0.25, -0.2) is 4.68 Å². The van der Waals surface area contributed by atoms with Gasteiger partial charge in [-0.2, -0.15) is 0 Å². The number of nitrogens with zero attached hydrogens (tertiary/aromatic N) is 5. The zero-order valence-electron chi connectivity index (χ0n) is 17.7. The first-order valence-electron chi connectivity index (χ1n) is 10.0. The van der Waals surface area contributed by atoms with Gasteiger partial charge in [0.1, 0.15) is 6.04 Å². The van der Waals surface area contributed by atoms with E-state index in [2.05, 4.69) is 65.2 Å². The van der Waals surface area contributed by atoms with Gasteiger partial charge in [0.05, 0.1) is 24.3 Å². The average molecular weight is 396 g/mol. The number of morpholine rings is 1. The molecule has 0 bridgehead atoms. The molecule has 1 aliphatic heterocycles. The number of rotatable bonds is 3. The Balaban J connectivity index is 1.94. The van der Waals surface area contributed by atoms with E-state index in [1.165, 1.54) is 0 Å². The van der Waals surface area contributed by atoms with Gasteiger partial charge in [-0.15, -0.1) is 5.10 Å². The Bertz CT molecular complexity index is 1090. The third-order valence-corrected chi connectivity index (χ3v) is 5.40. The smallest absolute Gasteiger partial charge is 0.253 e. The lowest BCUT2D eigenvalue weighted by Crippen LogP contribution is -2.43. The van der Waals surface area contributed by atoms with Crippen LogP contribution in [0.2, 0.25) is 0 Å². The Morgan fingerprint density at radius 1 is 1.14 bits per heavy atom. The lowest BCUT2D eigenvalue weighted by Gasteiger charge is -2.34. The first-order chi connectivity index (χ1) is 13.8. The average Bonchev–Trinajstić information content (AvgIpc) is 3.14. The molecule has 0 unspecified atom stereocenters. The molecular formula is C21H28N6O2. The Hall–Kier alpha value is -2.58. The molecule has 1 atom stereocenters. The predicted octanol–water partition coefficient (Wildman–Crippen LogP) is 2.31. The van der Waals surface area contributed by atoms with E-state index in [-0.39, 0.29) is 17.1 Å². The largest absolute Gasteiger partial charge is 0.379 e. The van der Waals surface area contributed by atoms with Gasteiger partial charge in [0.2, 0.25) is 0 Å². The van der Waals surface area contributed by atoms with Crippen molar-refractivity contribution in [3.8, 4) is 0 Å². The molecule has 3 heterocycles. The normalized spacial score (nSPS) is 17.0. The van der Waals surface area contributed by atoms with Crippen LogP contribution >= 0.6 is 0 Å². The summed E-state index contributed by atoms with van der Waals surface area (Å²) >= 11 is 0. The maximum atomic E-state index is 13.2. The van der Waals surface area contributed by atoms with Crippen molar-refractivity contribution < 1.29 is 4.74 Å². The topological polar surface area (TPSA) is 88.9 Å². The summed E-state index contributed by atoms with van der Waals surface area (Å²) in [6.07, 6.45) is 0. The van der Waals surface area contributed by atoms with E-state index in [4.69, 9.17) is 4.74 Å². The third-order valence-electron chi connectivity index (χ3n) is 5.40. The monoisotopic (exact) mass is 396 g/mol. The zero-order valence-corrected chi connectivity index (χ0v) is 17.7. The highest BCUT2D eigenvalue weighted by atomic mass is 16.5. The molecule has 29 heavy (non-hydrogen) atoms. The summed E-state index contributed by atoms with van der Waals surface area (Å²) in [6.45, 7) is 12.9. The third kappa shape index (κ3) is 3.70. The number of ether oxygens (including phenoxy) is 1. The van der Waals surface area contributed by atoms with E-state index in [0.29, 0.717) is 37.7 Å². The highest BCUT2D eigenvalue weighted by Crippen LogP contribution is 2.30. The summed E-state index contributed by atoms with van der Waals surface area (Å²) in [7, 11) is 0. The van der Waals surface area contributed by atoms with Crippen molar-refractivity contribution in [3.63, 3.8) is 0 Å². The molecule has 1 aromatic carbocycles. The molecule has 154 valence electrons. The number of tetrazole rings is 1. The number of aromatic amines is 1. The van der Waals surface area contributed by atoms with Crippen LogP contribution in [0.5, 0.6) is 0 Å². The first-order valence-corrected chi connectivity index (χ1v) is 10.0. The zero-order chi connectivity index (χ0) is 20.8. The molecule has 0 saturated carbocycles. The number of aryl methyl sites for hydroxylation is 2. The summed E-state index contributed by atoms with van der Waals surface area (Å²) in [5.41, 5.74) is 3.34. The number of benzene rings is 1. The molecule has 4 rings (SSSR count). The second kappa shape index (κ2) is 7.35. The van der Waals surface area contributed by atoms with E-state index in [1.54, 1.807) is 0 Å². The van der Waals surface area contributed by atoms with Crippen molar-refractivity contribution in [2.45, 2.75) is 46.2 Å². The van der Waals surface area contributed by atoms with Crippen molar-refractivity contribution in [2.75, 3.05) is 26.3 Å².